The molecule has 0 saturated carbocycles. The maximum Gasteiger partial charge on any atom is 0.0803 e. The highest BCUT2D eigenvalue weighted by atomic mass is 16.3. The van der Waals surface area contributed by atoms with E-state index in [2.05, 4.69) is 0 Å². The van der Waals surface area contributed by atoms with Gasteiger partial charge in [0.15, 0.2) is 0 Å². The lowest BCUT2D eigenvalue weighted by atomic mass is 10.1. The quantitative estimate of drug-likeness (QED) is 0.481. The summed E-state index contributed by atoms with van der Waals surface area (Å²) in [6, 6.07) is 0. The second-order valence-electron chi connectivity index (χ2n) is 1.97. The Kier molecular flexibility index (Phi) is 1.84. The largest absolute Gasteiger partial charge is 0.516 e. The molecule has 0 radical (unpaired) electrons. The summed E-state index contributed by atoms with van der Waals surface area (Å²) in [6.07, 6.45) is 2.13. The van der Waals surface area contributed by atoms with Gasteiger partial charge in [-0.1, -0.05) is 0 Å². The fourth-order valence-corrected chi connectivity index (χ4v) is 0.182. The lowest BCUT2D eigenvalue weighted by Crippen LogP contribution is -2.13. The molecular weight excluding hydrogens is 92.1 g/mol. The van der Waals surface area contributed by atoms with Crippen LogP contribution in [0.5, 0.6) is 0 Å². The lowest BCUT2D eigenvalue weighted by molar-refractivity contribution is 0.130. The lowest BCUT2D eigenvalue weighted by Gasteiger charge is -2.07. The topological polar surface area (TPSA) is 40.5 Å². The van der Waals surface area contributed by atoms with E-state index in [0.717, 1.165) is 6.26 Å². The second-order valence-corrected chi connectivity index (χ2v) is 1.97. The Morgan fingerprint density at radius 3 is 1.86 bits per heavy atom. The van der Waals surface area contributed by atoms with Crippen molar-refractivity contribution in [3.05, 3.63) is 12.3 Å². The van der Waals surface area contributed by atoms with Gasteiger partial charge in [-0.3, -0.25) is 0 Å². The number of aliphatic hydroxyl groups is 2. The van der Waals surface area contributed by atoms with E-state index in [1.807, 2.05) is 0 Å². The molecule has 0 aliphatic heterocycles. The molecule has 0 aliphatic carbocycles. The molecule has 0 aromatic heterocycles. The molecule has 2 N–H and O–H groups in total. The van der Waals surface area contributed by atoms with Crippen LogP contribution in [0.1, 0.15) is 13.8 Å². The summed E-state index contributed by atoms with van der Waals surface area (Å²) in [5.41, 5.74) is -0.880. The summed E-state index contributed by atoms with van der Waals surface area (Å²) in [5.74, 6) is 0. The number of aliphatic hydroxyl groups excluding tert-OH is 1. The Morgan fingerprint density at radius 2 is 1.86 bits per heavy atom. The van der Waals surface area contributed by atoms with Crippen molar-refractivity contribution in [2.75, 3.05) is 0 Å². The maximum absolute atomic E-state index is 8.77. The molecule has 0 aromatic carbocycles. The van der Waals surface area contributed by atoms with Gasteiger partial charge in [0, 0.05) is 0 Å². The van der Waals surface area contributed by atoms with Crippen molar-refractivity contribution < 1.29 is 10.2 Å². The molecule has 0 fully saturated rings. The van der Waals surface area contributed by atoms with E-state index in [0.29, 0.717) is 0 Å². The van der Waals surface area contributed by atoms with Gasteiger partial charge in [-0.05, 0) is 19.9 Å². The van der Waals surface area contributed by atoms with Gasteiger partial charge in [-0.25, -0.2) is 0 Å². The summed E-state index contributed by atoms with van der Waals surface area (Å²) in [5, 5.41) is 16.8. The van der Waals surface area contributed by atoms with Crippen LogP contribution in [0.15, 0.2) is 12.3 Å². The predicted molar refractivity (Wildman–Crippen MR) is 28.1 cm³/mol. The van der Waals surface area contributed by atoms with Crippen LogP contribution in [0.2, 0.25) is 0 Å². The second kappa shape index (κ2) is 1.98. The Balaban J connectivity index is 3.56. The molecule has 0 aromatic rings. The minimum atomic E-state index is -0.880. The third kappa shape index (κ3) is 5.50. The van der Waals surface area contributed by atoms with Gasteiger partial charge >= 0.3 is 0 Å². The van der Waals surface area contributed by atoms with E-state index < -0.39 is 5.60 Å². The van der Waals surface area contributed by atoms with E-state index in [1.165, 1.54) is 6.08 Å². The molecule has 0 amide bonds. The maximum atomic E-state index is 8.77. The third-order valence-corrected chi connectivity index (χ3v) is 0.482. The Labute approximate surface area is 43.1 Å². The SMILES string of the molecule is CC(C)(O)/C=C/O. The van der Waals surface area contributed by atoms with Gasteiger partial charge in [-0.15, -0.1) is 0 Å². The van der Waals surface area contributed by atoms with Crippen LogP contribution in [0, 0.1) is 0 Å². The van der Waals surface area contributed by atoms with Crippen molar-refractivity contribution in [1.82, 2.24) is 0 Å². The minimum Gasteiger partial charge on any atom is -0.516 e. The molecule has 0 rings (SSSR count). The monoisotopic (exact) mass is 102 g/mol. The van der Waals surface area contributed by atoms with Gasteiger partial charge in [0.05, 0.1) is 11.9 Å². The van der Waals surface area contributed by atoms with E-state index in [4.69, 9.17) is 10.2 Å². The van der Waals surface area contributed by atoms with Crippen LogP contribution >= 0.6 is 0 Å². The van der Waals surface area contributed by atoms with Crippen LogP contribution in [0.25, 0.3) is 0 Å². The molecule has 0 aliphatic rings. The first kappa shape index (κ1) is 6.50. The molecule has 42 valence electrons. The average Bonchev–Trinajstić information content (AvgIpc) is 1.30. The first-order chi connectivity index (χ1) is 3.06. The van der Waals surface area contributed by atoms with Crippen LogP contribution < -0.4 is 0 Å². The van der Waals surface area contributed by atoms with Crippen LogP contribution in [-0.4, -0.2) is 15.8 Å². The van der Waals surface area contributed by atoms with Crippen LogP contribution in [-0.2, 0) is 0 Å². The summed E-state index contributed by atoms with van der Waals surface area (Å²) < 4.78 is 0. The molecule has 0 bridgehead atoms. The van der Waals surface area contributed by atoms with Crippen molar-refractivity contribution in [1.29, 1.82) is 0 Å². The fraction of sp³-hybridized carbons (Fsp3) is 0.600. The zero-order valence-corrected chi connectivity index (χ0v) is 4.55. The average molecular weight is 102 g/mol. The Hall–Kier alpha value is -0.500. The smallest absolute Gasteiger partial charge is 0.0803 e. The van der Waals surface area contributed by atoms with Crippen molar-refractivity contribution in [2.45, 2.75) is 19.4 Å². The molecule has 0 saturated heterocycles. The Bertz CT molecular complexity index is 68.6. The molecule has 0 heterocycles. The molecule has 0 unspecified atom stereocenters. The molecular formula is C5H10O2. The van der Waals surface area contributed by atoms with Crippen molar-refractivity contribution >= 4 is 0 Å². The number of hydrogen-bond acceptors (Lipinski definition) is 2. The highest BCUT2D eigenvalue weighted by molar-refractivity contribution is 4.89. The summed E-state index contributed by atoms with van der Waals surface area (Å²) in [6.45, 7) is 3.17. The van der Waals surface area contributed by atoms with Gasteiger partial charge in [0.1, 0.15) is 0 Å². The highest BCUT2D eigenvalue weighted by Gasteiger charge is 2.04. The minimum absolute atomic E-state index is 0.833. The first-order valence-electron chi connectivity index (χ1n) is 2.10. The summed E-state index contributed by atoms with van der Waals surface area (Å²) in [4.78, 5) is 0. The molecule has 2 nitrogen and oxygen atoms in total. The normalized spacial score (nSPS) is 13.0. The van der Waals surface area contributed by atoms with Crippen molar-refractivity contribution in [3.8, 4) is 0 Å². The molecule has 0 spiro atoms. The third-order valence-electron chi connectivity index (χ3n) is 0.482. The zero-order valence-electron chi connectivity index (χ0n) is 4.55. The summed E-state index contributed by atoms with van der Waals surface area (Å²) in [7, 11) is 0. The van der Waals surface area contributed by atoms with Gasteiger partial charge in [-0.2, -0.15) is 0 Å². The van der Waals surface area contributed by atoms with E-state index in [-0.39, 0.29) is 0 Å². The zero-order chi connectivity index (χ0) is 5.91. The van der Waals surface area contributed by atoms with Crippen molar-refractivity contribution in [2.24, 2.45) is 0 Å². The van der Waals surface area contributed by atoms with Gasteiger partial charge < -0.3 is 10.2 Å². The Morgan fingerprint density at radius 1 is 1.43 bits per heavy atom. The predicted octanol–water partition coefficient (Wildman–Crippen LogP) is 0.829. The van der Waals surface area contributed by atoms with Crippen molar-refractivity contribution in [3.63, 3.8) is 0 Å². The molecule has 0 atom stereocenters. The fourth-order valence-electron chi connectivity index (χ4n) is 0.182. The van der Waals surface area contributed by atoms with E-state index in [1.54, 1.807) is 13.8 Å². The number of rotatable bonds is 1. The van der Waals surface area contributed by atoms with Gasteiger partial charge in [0.25, 0.3) is 0 Å². The highest BCUT2D eigenvalue weighted by Crippen LogP contribution is 1.99. The van der Waals surface area contributed by atoms with Crippen LogP contribution in [0.4, 0.5) is 0 Å². The first-order valence-corrected chi connectivity index (χ1v) is 2.10. The van der Waals surface area contributed by atoms with Gasteiger partial charge in [0.2, 0.25) is 0 Å². The standard InChI is InChI=1S/C5H10O2/c1-5(2,7)3-4-6/h3-4,6-7H,1-2H3/b4-3+. The summed E-state index contributed by atoms with van der Waals surface area (Å²) >= 11 is 0. The molecule has 2 heteroatoms. The van der Waals surface area contributed by atoms with E-state index >= 15 is 0 Å². The van der Waals surface area contributed by atoms with Crippen LogP contribution in [0.3, 0.4) is 0 Å². The molecule has 7 heavy (non-hydrogen) atoms. The number of hydrogen-bond donors (Lipinski definition) is 2. The van der Waals surface area contributed by atoms with E-state index in [9.17, 15) is 0 Å².